The summed E-state index contributed by atoms with van der Waals surface area (Å²) in [5, 5.41) is 3.95. The highest BCUT2D eigenvalue weighted by atomic mass is 19.4. The smallest absolute Gasteiger partial charge is 0.406 e. The highest BCUT2D eigenvalue weighted by Crippen LogP contribution is 2.22. The molecule has 0 amide bonds. The van der Waals surface area contributed by atoms with Gasteiger partial charge >= 0.3 is 6.36 Å². The summed E-state index contributed by atoms with van der Waals surface area (Å²) < 4.78 is 40.3. The van der Waals surface area contributed by atoms with Gasteiger partial charge in [0.2, 0.25) is 0 Å². The Morgan fingerprint density at radius 3 is 2.43 bits per heavy atom. The van der Waals surface area contributed by atoms with Crippen LogP contribution in [0, 0.1) is 11.8 Å². The molecule has 0 spiro atoms. The molecule has 1 N–H and O–H groups in total. The number of oxime groups is 1. The van der Waals surface area contributed by atoms with Gasteiger partial charge in [0, 0.05) is 23.7 Å². The van der Waals surface area contributed by atoms with Crippen molar-refractivity contribution in [3.05, 3.63) is 65.2 Å². The molecule has 9 heteroatoms. The molecule has 0 unspecified atom stereocenters. The first-order valence-corrected chi connectivity index (χ1v) is 8.71. The van der Waals surface area contributed by atoms with Crippen molar-refractivity contribution >= 4 is 11.5 Å². The maximum atomic E-state index is 12.2. The van der Waals surface area contributed by atoms with Crippen LogP contribution >= 0.6 is 0 Å². The first kappa shape index (κ1) is 22.8. The number of hydrogen-bond acceptors (Lipinski definition) is 5. The van der Waals surface area contributed by atoms with Gasteiger partial charge in [0.05, 0.1) is 7.11 Å². The molecule has 0 aliphatic rings. The van der Waals surface area contributed by atoms with Gasteiger partial charge in [-0.1, -0.05) is 35.3 Å². The number of aliphatic imine (C=N–C) groups is 1. The van der Waals surface area contributed by atoms with E-state index in [2.05, 4.69) is 32.2 Å². The van der Waals surface area contributed by atoms with Gasteiger partial charge in [0.15, 0.2) is 5.84 Å². The van der Waals surface area contributed by atoms with Crippen LogP contribution in [0.1, 0.15) is 23.6 Å². The summed E-state index contributed by atoms with van der Waals surface area (Å²) in [5.74, 6) is 5.82. The predicted octanol–water partition coefficient (Wildman–Crippen LogP) is 4.06. The second kappa shape index (κ2) is 10.9. The van der Waals surface area contributed by atoms with Crippen molar-refractivity contribution in [1.82, 2.24) is 5.48 Å². The topological polar surface area (TPSA) is 64.4 Å². The van der Waals surface area contributed by atoms with Crippen LogP contribution in [0.25, 0.3) is 0 Å². The fourth-order valence-corrected chi connectivity index (χ4v) is 2.32. The number of halogens is 3. The Morgan fingerprint density at radius 1 is 1.10 bits per heavy atom. The number of amidine groups is 1. The molecule has 0 fully saturated rings. The van der Waals surface area contributed by atoms with Gasteiger partial charge in [-0.05, 0) is 37.1 Å². The third-order valence-electron chi connectivity index (χ3n) is 3.59. The Hall–Kier alpha value is -3.51. The van der Waals surface area contributed by atoms with E-state index in [0.29, 0.717) is 17.1 Å². The average molecular weight is 419 g/mol. The van der Waals surface area contributed by atoms with Crippen LogP contribution in [0.3, 0.4) is 0 Å². The number of hydrogen-bond donors (Lipinski definition) is 1. The fourth-order valence-electron chi connectivity index (χ4n) is 2.32. The standard InChI is InChI=1S/C21H20F3N3O3/c1-15(8-9-16-10-12-18(13-11-16)30-21(22,23)24)26-29-14-17-6-4-5-7-19(17)20(25-2)27-28-3/h4-7,10-13H,14H2,1-3H3,(H,25,27)/b26-15+. The molecule has 0 heterocycles. The van der Waals surface area contributed by atoms with Gasteiger partial charge in [-0.25, -0.2) is 5.48 Å². The minimum Gasteiger partial charge on any atom is -0.406 e. The summed E-state index contributed by atoms with van der Waals surface area (Å²) in [4.78, 5) is 14.4. The number of benzene rings is 2. The summed E-state index contributed by atoms with van der Waals surface area (Å²) in [5.41, 5.74) is 5.27. The highest BCUT2D eigenvalue weighted by Gasteiger charge is 2.30. The summed E-state index contributed by atoms with van der Waals surface area (Å²) in [6, 6.07) is 12.7. The molecule has 30 heavy (non-hydrogen) atoms. The van der Waals surface area contributed by atoms with Crippen molar-refractivity contribution in [2.24, 2.45) is 10.1 Å². The summed E-state index contributed by atoms with van der Waals surface area (Å²) in [6.45, 7) is 1.84. The lowest BCUT2D eigenvalue weighted by Gasteiger charge is -2.11. The van der Waals surface area contributed by atoms with E-state index in [4.69, 9.17) is 9.68 Å². The number of rotatable bonds is 6. The molecular weight excluding hydrogens is 399 g/mol. The van der Waals surface area contributed by atoms with Gasteiger partial charge in [0.25, 0.3) is 0 Å². The molecule has 6 nitrogen and oxygen atoms in total. The molecule has 0 saturated heterocycles. The molecule has 0 radical (unpaired) electrons. The van der Waals surface area contributed by atoms with Crippen molar-refractivity contribution in [1.29, 1.82) is 0 Å². The number of nitrogens with one attached hydrogen (secondary N) is 1. The van der Waals surface area contributed by atoms with E-state index in [1.54, 1.807) is 14.0 Å². The summed E-state index contributed by atoms with van der Waals surface area (Å²) in [7, 11) is 3.13. The molecule has 158 valence electrons. The molecule has 0 aliphatic heterocycles. The molecule has 0 atom stereocenters. The molecule has 2 aromatic rings. The van der Waals surface area contributed by atoms with E-state index in [1.165, 1.54) is 31.4 Å². The van der Waals surface area contributed by atoms with Crippen LogP contribution in [-0.4, -0.2) is 32.1 Å². The van der Waals surface area contributed by atoms with E-state index in [0.717, 1.165) is 11.1 Å². The normalized spacial score (nSPS) is 12.1. The zero-order valence-corrected chi connectivity index (χ0v) is 16.6. The lowest BCUT2D eigenvalue weighted by Crippen LogP contribution is -2.24. The van der Waals surface area contributed by atoms with Crippen LogP contribution in [-0.2, 0) is 16.3 Å². The third-order valence-corrected chi connectivity index (χ3v) is 3.59. The Morgan fingerprint density at radius 2 is 1.80 bits per heavy atom. The first-order valence-electron chi connectivity index (χ1n) is 8.71. The largest absolute Gasteiger partial charge is 0.573 e. The van der Waals surface area contributed by atoms with E-state index in [9.17, 15) is 13.2 Å². The molecule has 2 aromatic carbocycles. The predicted molar refractivity (Wildman–Crippen MR) is 107 cm³/mol. The fraction of sp³-hybridized carbons (Fsp3) is 0.238. The lowest BCUT2D eigenvalue weighted by molar-refractivity contribution is -0.274. The monoisotopic (exact) mass is 419 g/mol. The minimum absolute atomic E-state index is 0.184. The first-order chi connectivity index (χ1) is 14.3. The van der Waals surface area contributed by atoms with Gasteiger partial charge in [-0.2, -0.15) is 0 Å². The van der Waals surface area contributed by atoms with Gasteiger partial charge < -0.3 is 9.57 Å². The zero-order valence-electron chi connectivity index (χ0n) is 16.6. The van der Waals surface area contributed by atoms with Crippen LogP contribution < -0.4 is 10.2 Å². The molecule has 0 bridgehead atoms. The van der Waals surface area contributed by atoms with Crippen LogP contribution in [0.2, 0.25) is 0 Å². The van der Waals surface area contributed by atoms with E-state index in [-0.39, 0.29) is 12.4 Å². The van der Waals surface area contributed by atoms with Crippen LogP contribution in [0.15, 0.2) is 58.7 Å². The van der Waals surface area contributed by atoms with Crippen molar-refractivity contribution in [2.75, 3.05) is 14.2 Å². The Labute approximate surface area is 172 Å². The van der Waals surface area contributed by atoms with Crippen LogP contribution in [0.5, 0.6) is 5.75 Å². The van der Waals surface area contributed by atoms with E-state index < -0.39 is 6.36 Å². The number of hydroxylamine groups is 1. The number of alkyl halides is 3. The second-order valence-electron chi connectivity index (χ2n) is 5.81. The molecule has 0 saturated carbocycles. The summed E-state index contributed by atoms with van der Waals surface area (Å²) >= 11 is 0. The molecular formula is C21H20F3N3O3. The zero-order chi connectivity index (χ0) is 22.0. The molecule has 0 aliphatic carbocycles. The Bertz CT molecular complexity index is 959. The SMILES string of the molecule is CN=C(NOC)c1ccccc1CO/N=C(\C)C#Cc1ccc(OC(F)(F)F)cc1. The van der Waals surface area contributed by atoms with Crippen molar-refractivity contribution in [3.8, 4) is 17.6 Å². The molecule has 2 rings (SSSR count). The number of nitrogens with zero attached hydrogens (tertiary/aromatic N) is 2. The third kappa shape index (κ3) is 7.48. The van der Waals surface area contributed by atoms with Gasteiger partial charge in [-0.15, -0.1) is 13.2 Å². The van der Waals surface area contributed by atoms with E-state index >= 15 is 0 Å². The quantitative estimate of drug-likeness (QED) is 0.332. The molecule has 0 aromatic heterocycles. The second-order valence-corrected chi connectivity index (χ2v) is 5.81. The lowest BCUT2D eigenvalue weighted by atomic mass is 10.1. The average Bonchev–Trinajstić information content (AvgIpc) is 2.71. The van der Waals surface area contributed by atoms with Gasteiger partial charge in [-0.3, -0.25) is 9.83 Å². The van der Waals surface area contributed by atoms with Crippen molar-refractivity contribution in [2.45, 2.75) is 19.9 Å². The Balaban J connectivity index is 1.99. The summed E-state index contributed by atoms with van der Waals surface area (Å²) in [6.07, 6.45) is -4.73. The van der Waals surface area contributed by atoms with Crippen LogP contribution in [0.4, 0.5) is 13.2 Å². The maximum Gasteiger partial charge on any atom is 0.573 e. The van der Waals surface area contributed by atoms with Crippen molar-refractivity contribution in [3.63, 3.8) is 0 Å². The maximum absolute atomic E-state index is 12.2. The number of ether oxygens (including phenoxy) is 1. The van der Waals surface area contributed by atoms with E-state index in [1.807, 2.05) is 24.3 Å². The minimum atomic E-state index is -4.73. The van der Waals surface area contributed by atoms with Gasteiger partial charge in [0.1, 0.15) is 18.1 Å². The highest BCUT2D eigenvalue weighted by molar-refractivity contribution is 5.99. The Kier molecular flexibility index (Phi) is 8.26. The van der Waals surface area contributed by atoms with Crippen molar-refractivity contribution < 1.29 is 27.6 Å².